The van der Waals surface area contributed by atoms with Gasteiger partial charge in [0.25, 0.3) is 0 Å². The Morgan fingerprint density at radius 1 is 1.17 bits per heavy atom. The standard InChI is InChI=1S/C17H21F6N5O/c1-8(17(21,22)23)25-15-27-13(10-3-2-4-11(29)12(10)18)26-14(28-15)24-7-9-5-16(19,20)6-9/h8-9,11,29H,2-7H2,1H3,(H2,24,25,26,27,28)/t8-,11?/m1/s1. The Morgan fingerprint density at radius 2 is 1.83 bits per heavy atom. The van der Waals surface area contributed by atoms with E-state index in [1.54, 1.807) is 0 Å². The van der Waals surface area contributed by atoms with Gasteiger partial charge in [0.1, 0.15) is 18.0 Å². The molecule has 1 saturated carbocycles. The molecule has 3 N–H and O–H groups in total. The van der Waals surface area contributed by atoms with E-state index in [-0.39, 0.29) is 55.5 Å². The first kappa shape index (κ1) is 21.6. The van der Waals surface area contributed by atoms with E-state index in [1.165, 1.54) is 0 Å². The molecule has 2 aliphatic rings. The van der Waals surface area contributed by atoms with Gasteiger partial charge in [-0.05, 0) is 32.1 Å². The molecular weight excluding hydrogens is 404 g/mol. The van der Waals surface area contributed by atoms with Crippen LogP contribution in [0, 0.1) is 5.92 Å². The predicted molar refractivity (Wildman–Crippen MR) is 93.0 cm³/mol. The van der Waals surface area contributed by atoms with Gasteiger partial charge >= 0.3 is 6.18 Å². The smallest absolute Gasteiger partial charge is 0.386 e. The molecule has 6 nitrogen and oxygen atoms in total. The summed E-state index contributed by atoms with van der Waals surface area (Å²) in [5, 5.41) is 14.5. The van der Waals surface area contributed by atoms with E-state index in [9.17, 15) is 31.4 Å². The molecule has 29 heavy (non-hydrogen) atoms. The first-order valence-corrected chi connectivity index (χ1v) is 9.22. The molecule has 12 heteroatoms. The normalized spacial score (nSPS) is 23.5. The molecule has 3 rings (SSSR count). The fourth-order valence-electron chi connectivity index (χ4n) is 3.23. The molecule has 0 saturated heterocycles. The second-order valence-electron chi connectivity index (χ2n) is 7.46. The fourth-order valence-corrected chi connectivity index (χ4v) is 3.23. The summed E-state index contributed by atoms with van der Waals surface area (Å²) in [6.07, 6.45) is -5.62. The van der Waals surface area contributed by atoms with Gasteiger partial charge in [0, 0.05) is 25.0 Å². The lowest BCUT2D eigenvalue weighted by molar-refractivity contribution is -0.138. The van der Waals surface area contributed by atoms with E-state index >= 15 is 0 Å². The van der Waals surface area contributed by atoms with E-state index in [2.05, 4.69) is 25.6 Å². The highest BCUT2D eigenvalue weighted by Crippen LogP contribution is 2.42. The van der Waals surface area contributed by atoms with Crippen molar-refractivity contribution in [1.29, 1.82) is 0 Å². The molecule has 0 aromatic carbocycles. The zero-order chi connectivity index (χ0) is 21.4. The van der Waals surface area contributed by atoms with Crippen LogP contribution in [0.15, 0.2) is 5.83 Å². The Bertz CT molecular complexity index is 776. The number of nitrogens with zero attached hydrogens (tertiary/aromatic N) is 3. The highest BCUT2D eigenvalue weighted by Gasteiger charge is 2.45. The number of alkyl halides is 5. The largest absolute Gasteiger partial charge is 0.408 e. The summed E-state index contributed by atoms with van der Waals surface area (Å²) in [5.41, 5.74) is -0.00732. The lowest BCUT2D eigenvalue weighted by atomic mass is 9.81. The Balaban J connectivity index is 1.84. The van der Waals surface area contributed by atoms with Crippen LogP contribution >= 0.6 is 0 Å². The minimum atomic E-state index is -4.57. The number of rotatable bonds is 6. The molecule has 0 bridgehead atoms. The average Bonchev–Trinajstić information content (AvgIpc) is 2.59. The number of hydrogen-bond donors (Lipinski definition) is 3. The first-order chi connectivity index (χ1) is 13.4. The summed E-state index contributed by atoms with van der Waals surface area (Å²) in [7, 11) is 0. The van der Waals surface area contributed by atoms with Crippen molar-refractivity contribution in [1.82, 2.24) is 15.0 Å². The van der Waals surface area contributed by atoms with Gasteiger partial charge in [-0.3, -0.25) is 0 Å². The van der Waals surface area contributed by atoms with E-state index in [0.29, 0.717) is 6.42 Å². The van der Waals surface area contributed by atoms with Crippen LogP contribution in [0.5, 0.6) is 0 Å². The van der Waals surface area contributed by atoms with Gasteiger partial charge in [0.2, 0.25) is 17.8 Å². The number of halogens is 6. The van der Waals surface area contributed by atoms with Crippen molar-refractivity contribution in [2.75, 3.05) is 17.2 Å². The number of nitrogens with one attached hydrogen (secondary N) is 2. The molecule has 2 aliphatic carbocycles. The SMILES string of the molecule is C[C@@H](Nc1nc(NCC2CC(F)(F)C2)nc(C2=C(F)C(O)CCC2)n1)C(F)(F)F. The molecule has 0 aliphatic heterocycles. The van der Waals surface area contributed by atoms with Crippen molar-refractivity contribution in [3.8, 4) is 0 Å². The molecule has 0 radical (unpaired) electrons. The minimum absolute atomic E-state index is 0.00732. The number of aliphatic hydroxyl groups excluding tert-OH is 1. The summed E-state index contributed by atoms with van der Waals surface area (Å²) in [5.74, 6) is -4.65. The number of aromatic nitrogens is 3. The highest BCUT2D eigenvalue weighted by molar-refractivity contribution is 5.65. The van der Waals surface area contributed by atoms with Crippen LogP contribution in [-0.2, 0) is 0 Å². The number of allylic oxidation sites excluding steroid dienone is 1. The maximum absolute atomic E-state index is 14.3. The molecule has 0 spiro atoms. The van der Waals surface area contributed by atoms with Gasteiger partial charge in [-0.2, -0.15) is 28.1 Å². The Kier molecular flexibility index (Phi) is 5.93. The molecular formula is C17H21F6N5O. The summed E-state index contributed by atoms with van der Waals surface area (Å²) in [6, 6.07) is -1.98. The summed E-state index contributed by atoms with van der Waals surface area (Å²) in [6.45, 7) is 0.967. The van der Waals surface area contributed by atoms with Gasteiger partial charge in [0.05, 0.1) is 0 Å². The van der Waals surface area contributed by atoms with Gasteiger partial charge in [-0.15, -0.1) is 0 Å². The molecule has 1 unspecified atom stereocenters. The summed E-state index contributed by atoms with van der Waals surface area (Å²) in [4.78, 5) is 11.8. The van der Waals surface area contributed by atoms with Crippen LogP contribution in [0.1, 0.15) is 44.9 Å². The van der Waals surface area contributed by atoms with Gasteiger partial charge in [-0.1, -0.05) is 0 Å². The van der Waals surface area contributed by atoms with Gasteiger partial charge in [-0.25, -0.2) is 13.2 Å². The van der Waals surface area contributed by atoms with Crippen LogP contribution in [0.4, 0.5) is 38.2 Å². The molecule has 1 heterocycles. The second kappa shape index (κ2) is 7.96. The van der Waals surface area contributed by atoms with Crippen molar-refractivity contribution >= 4 is 17.5 Å². The van der Waals surface area contributed by atoms with E-state index in [1.807, 2.05) is 0 Å². The second-order valence-corrected chi connectivity index (χ2v) is 7.46. The van der Waals surface area contributed by atoms with Crippen LogP contribution in [0.25, 0.3) is 5.57 Å². The number of anilines is 2. The molecule has 1 fully saturated rings. The van der Waals surface area contributed by atoms with Crippen molar-refractivity contribution in [2.45, 2.75) is 63.3 Å². The van der Waals surface area contributed by atoms with Crippen molar-refractivity contribution in [3.63, 3.8) is 0 Å². The number of hydrogen-bond acceptors (Lipinski definition) is 6. The van der Waals surface area contributed by atoms with E-state index in [4.69, 9.17) is 0 Å². The van der Waals surface area contributed by atoms with Crippen molar-refractivity contribution in [3.05, 3.63) is 11.7 Å². The van der Waals surface area contributed by atoms with E-state index in [0.717, 1.165) is 6.92 Å². The third-order valence-electron chi connectivity index (χ3n) is 4.95. The van der Waals surface area contributed by atoms with Crippen LogP contribution in [-0.4, -0.2) is 50.8 Å². The molecule has 2 atom stereocenters. The van der Waals surface area contributed by atoms with Crippen LogP contribution in [0.3, 0.4) is 0 Å². The van der Waals surface area contributed by atoms with Crippen LogP contribution in [0.2, 0.25) is 0 Å². The Labute approximate surface area is 162 Å². The summed E-state index contributed by atoms with van der Waals surface area (Å²) < 4.78 is 78.8. The highest BCUT2D eigenvalue weighted by atomic mass is 19.4. The lowest BCUT2D eigenvalue weighted by Crippen LogP contribution is -2.39. The zero-order valence-electron chi connectivity index (χ0n) is 15.5. The average molecular weight is 425 g/mol. The Morgan fingerprint density at radius 3 is 2.45 bits per heavy atom. The number of aliphatic hydroxyl groups is 1. The van der Waals surface area contributed by atoms with Gasteiger partial charge in [0.15, 0.2) is 5.82 Å². The maximum Gasteiger partial charge on any atom is 0.408 e. The molecule has 1 aromatic rings. The minimum Gasteiger partial charge on any atom is -0.386 e. The lowest BCUT2D eigenvalue weighted by Gasteiger charge is -2.34. The predicted octanol–water partition coefficient (Wildman–Crippen LogP) is 3.92. The first-order valence-electron chi connectivity index (χ1n) is 9.22. The molecule has 0 amide bonds. The summed E-state index contributed by atoms with van der Waals surface area (Å²) >= 11 is 0. The van der Waals surface area contributed by atoms with Crippen molar-refractivity contribution < 1.29 is 31.4 Å². The third kappa shape index (κ3) is 5.28. The molecule has 1 aromatic heterocycles. The zero-order valence-corrected chi connectivity index (χ0v) is 15.5. The quantitative estimate of drug-likeness (QED) is 0.600. The molecule has 162 valence electrons. The van der Waals surface area contributed by atoms with E-state index < -0.39 is 36.0 Å². The third-order valence-corrected chi connectivity index (χ3v) is 4.95. The van der Waals surface area contributed by atoms with Crippen LogP contribution < -0.4 is 10.6 Å². The topological polar surface area (TPSA) is 83.0 Å². The maximum atomic E-state index is 14.3. The fraction of sp³-hybridized carbons (Fsp3) is 0.706. The monoisotopic (exact) mass is 425 g/mol. The van der Waals surface area contributed by atoms with Crippen molar-refractivity contribution in [2.24, 2.45) is 5.92 Å². The Hall–Kier alpha value is -2.11. The van der Waals surface area contributed by atoms with Gasteiger partial charge < -0.3 is 15.7 Å².